The molecule has 0 radical (unpaired) electrons. The molecule has 3 N–H and O–H groups in total. The predicted molar refractivity (Wildman–Crippen MR) is 79.0 cm³/mol. The molecule has 0 spiro atoms. The van der Waals surface area contributed by atoms with E-state index >= 15 is 0 Å². The van der Waals surface area contributed by atoms with Gasteiger partial charge in [-0.25, -0.2) is 0 Å². The Labute approximate surface area is 118 Å². The van der Waals surface area contributed by atoms with Crippen LogP contribution in [0.2, 0.25) is 0 Å². The molecule has 0 aromatic carbocycles. The fraction of sp³-hybridized carbons (Fsp3) is 0.769. The first-order valence-electron chi connectivity index (χ1n) is 6.95. The van der Waals surface area contributed by atoms with Gasteiger partial charge in [0.2, 0.25) is 5.91 Å². The zero-order valence-electron chi connectivity index (χ0n) is 11.5. The minimum atomic E-state index is -0.426. The average molecular weight is 285 g/mol. The zero-order valence-corrected chi connectivity index (χ0v) is 12.3. The van der Waals surface area contributed by atoms with Crippen LogP contribution in [0.3, 0.4) is 0 Å². The number of hydrogen-bond acceptors (Lipinski definition) is 4. The van der Waals surface area contributed by atoms with Crippen LogP contribution in [0.1, 0.15) is 51.9 Å². The third-order valence-electron chi connectivity index (χ3n) is 2.98. The van der Waals surface area contributed by atoms with E-state index in [-0.39, 0.29) is 23.4 Å². The van der Waals surface area contributed by atoms with Crippen LogP contribution in [0.4, 0.5) is 0 Å². The molecule has 0 fully saturated rings. The van der Waals surface area contributed by atoms with Gasteiger partial charge in [-0.1, -0.05) is 50.8 Å². The van der Waals surface area contributed by atoms with Crippen molar-refractivity contribution in [3.63, 3.8) is 0 Å². The van der Waals surface area contributed by atoms with Gasteiger partial charge < -0.3 is 11.1 Å². The smallest absolute Gasteiger partial charge is 0.262 e. The largest absolute Gasteiger partial charge is 0.378 e. The van der Waals surface area contributed by atoms with Crippen LogP contribution in [-0.2, 0) is 9.59 Å². The topological polar surface area (TPSA) is 84.6 Å². The molecule has 0 unspecified atom stereocenters. The second-order valence-electron chi connectivity index (χ2n) is 4.72. The summed E-state index contributed by atoms with van der Waals surface area (Å²) in [6, 6.07) is 0. The lowest BCUT2D eigenvalue weighted by atomic mass is 10.1. The highest BCUT2D eigenvalue weighted by Crippen LogP contribution is 2.22. The number of nitrogens with two attached hydrogens (primary N) is 1. The van der Waals surface area contributed by atoms with Crippen molar-refractivity contribution in [3.8, 4) is 0 Å². The van der Waals surface area contributed by atoms with Crippen molar-refractivity contribution in [1.29, 1.82) is 0 Å². The maximum Gasteiger partial charge on any atom is 0.262 e. The van der Waals surface area contributed by atoms with E-state index in [9.17, 15) is 9.59 Å². The van der Waals surface area contributed by atoms with Crippen LogP contribution in [0.5, 0.6) is 0 Å². The van der Waals surface area contributed by atoms with E-state index in [1.54, 1.807) is 0 Å². The van der Waals surface area contributed by atoms with Crippen molar-refractivity contribution in [2.75, 3.05) is 6.54 Å². The van der Waals surface area contributed by atoms with E-state index in [1.165, 1.54) is 37.4 Å². The third-order valence-corrected chi connectivity index (χ3v) is 3.97. The highest BCUT2D eigenvalue weighted by Gasteiger charge is 2.28. The summed E-state index contributed by atoms with van der Waals surface area (Å²) in [6.45, 7) is 2.88. The van der Waals surface area contributed by atoms with Gasteiger partial charge in [0.25, 0.3) is 5.91 Å². The van der Waals surface area contributed by atoms with Gasteiger partial charge in [0.15, 0.2) is 5.17 Å². The Bertz CT molecular complexity index is 345. The van der Waals surface area contributed by atoms with Crippen LogP contribution >= 0.6 is 11.8 Å². The van der Waals surface area contributed by atoms with Crippen LogP contribution < -0.4 is 11.1 Å². The lowest BCUT2D eigenvalue weighted by Gasteiger charge is -2.07. The molecule has 2 amide bonds. The minimum Gasteiger partial charge on any atom is -0.378 e. The van der Waals surface area contributed by atoms with Crippen LogP contribution in [0.25, 0.3) is 0 Å². The van der Waals surface area contributed by atoms with Gasteiger partial charge in [-0.15, -0.1) is 0 Å². The highest BCUT2D eigenvalue weighted by molar-refractivity contribution is 8.15. The van der Waals surface area contributed by atoms with Crippen LogP contribution in [0.15, 0.2) is 4.99 Å². The van der Waals surface area contributed by atoms with Crippen molar-refractivity contribution in [2.24, 2.45) is 10.7 Å². The summed E-state index contributed by atoms with van der Waals surface area (Å²) in [5.41, 5.74) is 5.43. The van der Waals surface area contributed by atoms with Gasteiger partial charge in [0, 0.05) is 13.0 Å². The Morgan fingerprint density at radius 1 is 1.32 bits per heavy atom. The normalized spacial score (nSPS) is 18.5. The molecule has 0 bridgehead atoms. The fourth-order valence-electron chi connectivity index (χ4n) is 1.91. The van der Waals surface area contributed by atoms with E-state index in [0.717, 1.165) is 12.8 Å². The van der Waals surface area contributed by atoms with Gasteiger partial charge in [0.1, 0.15) is 5.25 Å². The molecule has 0 saturated carbocycles. The summed E-state index contributed by atoms with van der Waals surface area (Å²) in [5, 5.41) is 2.68. The fourth-order valence-corrected chi connectivity index (χ4v) is 2.73. The Morgan fingerprint density at radius 2 is 2.00 bits per heavy atom. The zero-order chi connectivity index (χ0) is 14.1. The molecule has 108 valence electrons. The highest BCUT2D eigenvalue weighted by atomic mass is 32.2. The number of nitrogens with zero attached hydrogens (tertiary/aromatic N) is 1. The summed E-state index contributed by atoms with van der Waals surface area (Å²) in [7, 11) is 0. The van der Waals surface area contributed by atoms with Crippen molar-refractivity contribution in [3.05, 3.63) is 0 Å². The summed E-state index contributed by atoms with van der Waals surface area (Å²) in [5.74, 6) is -0.387. The molecule has 6 heteroatoms. The summed E-state index contributed by atoms with van der Waals surface area (Å²) in [4.78, 5) is 26.5. The second kappa shape index (κ2) is 8.96. The van der Waals surface area contributed by atoms with E-state index in [1.807, 2.05) is 0 Å². The van der Waals surface area contributed by atoms with Crippen molar-refractivity contribution >= 4 is 28.7 Å². The Hall–Kier alpha value is -1.04. The maximum absolute atomic E-state index is 11.6. The Morgan fingerprint density at radius 3 is 2.63 bits per heavy atom. The molecule has 0 aromatic rings. The van der Waals surface area contributed by atoms with Crippen molar-refractivity contribution < 1.29 is 9.59 Å². The van der Waals surface area contributed by atoms with E-state index in [2.05, 4.69) is 17.2 Å². The molecule has 0 aliphatic carbocycles. The number of carbonyl (C=O) groups excluding carboxylic acids is 2. The molecule has 0 aromatic heterocycles. The SMILES string of the molecule is CCCCCCCCNC(=O)C[C@H]1SC(N)=NC1=O. The predicted octanol–water partition coefficient (Wildman–Crippen LogP) is 1.81. The summed E-state index contributed by atoms with van der Waals surface area (Å²) < 4.78 is 0. The van der Waals surface area contributed by atoms with E-state index in [4.69, 9.17) is 5.73 Å². The number of amides is 2. The van der Waals surface area contributed by atoms with Gasteiger partial charge in [-0.2, -0.15) is 4.99 Å². The summed E-state index contributed by atoms with van der Waals surface area (Å²) >= 11 is 1.17. The summed E-state index contributed by atoms with van der Waals surface area (Å²) in [6.07, 6.45) is 7.35. The molecule has 5 nitrogen and oxygen atoms in total. The first kappa shape index (κ1) is 16.0. The molecule has 19 heavy (non-hydrogen) atoms. The number of amidine groups is 1. The Kier molecular flexibility index (Phi) is 7.55. The number of thioether (sulfide) groups is 1. The number of carbonyl (C=O) groups is 2. The molecule has 1 aliphatic rings. The van der Waals surface area contributed by atoms with Crippen molar-refractivity contribution in [1.82, 2.24) is 5.32 Å². The monoisotopic (exact) mass is 285 g/mol. The van der Waals surface area contributed by atoms with Crippen LogP contribution in [-0.4, -0.2) is 28.8 Å². The van der Waals surface area contributed by atoms with Crippen molar-refractivity contribution in [2.45, 2.75) is 57.1 Å². The molecule has 0 saturated heterocycles. The number of nitrogens with one attached hydrogen (secondary N) is 1. The van der Waals surface area contributed by atoms with Gasteiger partial charge >= 0.3 is 0 Å². The van der Waals surface area contributed by atoms with Crippen LogP contribution in [0, 0.1) is 0 Å². The third kappa shape index (κ3) is 6.61. The van der Waals surface area contributed by atoms with E-state index < -0.39 is 5.25 Å². The minimum absolute atomic E-state index is 0.0932. The van der Waals surface area contributed by atoms with E-state index in [0.29, 0.717) is 6.54 Å². The quantitative estimate of drug-likeness (QED) is 0.633. The number of rotatable bonds is 9. The lowest BCUT2D eigenvalue weighted by Crippen LogP contribution is -2.29. The van der Waals surface area contributed by atoms with Gasteiger partial charge in [-0.3, -0.25) is 9.59 Å². The molecule has 1 rings (SSSR count). The number of unbranched alkanes of at least 4 members (excludes halogenated alkanes) is 5. The molecular formula is C13H23N3O2S. The standard InChI is InChI=1S/C13H23N3O2S/c1-2-3-4-5-6-7-8-15-11(17)9-10-12(18)16-13(14)19-10/h10H,2-9H2,1H3,(H,15,17)(H2,14,16,18)/t10-/m1/s1. The number of hydrogen-bond donors (Lipinski definition) is 2. The lowest BCUT2D eigenvalue weighted by molar-refractivity contribution is -0.124. The molecule has 1 heterocycles. The molecule has 1 atom stereocenters. The first-order valence-corrected chi connectivity index (χ1v) is 7.82. The molecular weight excluding hydrogens is 262 g/mol. The van der Waals surface area contributed by atoms with Gasteiger partial charge in [0.05, 0.1) is 0 Å². The van der Waals surface area contributed by atoms with Gasteiger partial charge in [-0.05, 0) is 6.42 Å². The maximum atomic E-state index is 11.6. The second-order valence-corrected chi connectivity index (χ2v) is 5.94. The Balaban J connectivity index is 2.01. The average Bonchev–Trinajstić information content (AvgIpc) is 2.66. The first-order chi connectivity index (χ1) is 9.13. The molecule has 1 aliphatic heterocycles. The number of aliphatic imine (C=N–C) groups is 1.